The van der Waals surface area contributed by atoms with Crippen molar-refractivity contribution in [2.24, 2.45) is 0 Å². The second-order valence-corrected chi connectivity index (χ2v) is 4.43. The second kappa shape index (κ2) is 6.12. The van der Waals surface area contributed by atoms with Crippen molar-refractivity contribution in [3.63, 3.8) is 0 Å². The highest BCUT2D eigenvalue weighted by Crippen LogP contribution is 2.13. The van der Waals surface area contributed by atoms with E-state index < -0.39 is 0 Å². The van der Waals surface area contributed by atoms with Gasteiger partial charge in [-0.3, -0.25) is 5.43 Å². The van der Waals surface area contributed by atoms with Crippen LogP contribution >= 0.6 is 11.6 Å². The van der Waals surface area contributed by atoms with E-state index in [1.165, 1.54) is 0 Å². The monoisotopic (exact) mass is 273 g/mol. The molecule has 1 aliphatic rings. The third-order valence-corrected chi connectivity index (χ3v) is 2.37. The quantitative estimate of drug-likeness (QED) is 0.876. The average Bonchev–Trinajstić information content (AvgIpc) is 2.28. The van der Waals surface area contributed by atoms with Gasteiger partial charge in [-0.25, -0.2) is 5.01 Å². The van der Waals surface area contributed by atoms with Crippen LogP contribution in [0.15, 0.2) is 0 Å². The standard InChI is InChI=1S/C10H16ClN5O2/c1-7(2)18-10-13-8(11)12-9(14-10)15-16-3-5-17-6-4-16/h7H,3-6H2,1-2H3,(H,12,13,14,15). The first-order valence-corrected chi connectivity index (χ1v) is 6.19. The molecule has 0 amide bonds. The molecule has 2 rings (SSSR count). The first kappa shape index (κ1) is 13.3. The van der Waals surface area contributed by atoms with Crippen molar-refractivity contribution in [2.45, 2.75) is 20.0 Å². The third kappa shape index (κ3) is 3.94. The van der Waals surface area contributed by atoms with Gasteiger partial charge in [0.2, 0.25) is 11.2 Å². The van der Waals surface area contributed by atoms with Crippen LogP contribution in [0, 0.1) is 0 Å². The first-order chi connectivity index (χ1) is 8.63. The van der Waals surface area contributed by atoms with Gasteiger partial charge in [0.15, 0.2) is 0 Å². The summed E-state index contributed by atoms with van der Waals surface area (Å²) in [7, 11) is 0. The molecule has 1 N–H and O–H groups in total. The molecule has 7 nitrogen and oxygen atoms in total. The van der Waals surface area contributed by atoms with Crippen molar-refractivity contribution in [2.75, 3.05) is 31.7 Å². The lowest BCUT2D eigenvalue weighted by molar-refractivity contribution is 0.0492. The minimum atomic E-state index is -0.0142. The van der Waals surface area contributed by atoms with Crippen molar-refractivity contribution >= 4 is 17.5 Å². The fraction of sp³-hybridized carbons (Fsp3) is 0.700. The lowest BCUT2D eigenvalue weighted by Gasteiger charge is -2.26. The Morgan fingerprint density at radius 3 is 2.67 bits per heavy atom. The molecule has 18 heavy (non-hydrogen) atoms. The van der Waals surface area contributed by atoms with Crippen molar-refractivity contribution in [1.82, 2.24) is 20.0 Å². The summed E-state index contributed by atoms with van der Waals surface area (Å²) >= 11 is 5.83. The van der Waals surface area contributed by atoms with Crippen LogP contribution in [-0.2, 0) is 4.74 Å². The summed E-state index contributed by atoms with van der Waals surface area (Å²) < 4.78 is 10.6. The summed E-state index contributed by atoms with van der Waals surface area (Å²) in [5.74, 6) is 0.382. The number of hydrogen-bond donors (Lipinski definition) is 1. The Hall–Kier alpha value is -1.18. The number of nitrogens with one attached hydrogen (secondary N) is 1. The molecule has 0 unspecified atom stereocenters. The van der Waals surface area contributed by atoms with E-state index in [0.717, 1.165) is 13.1 Å². The van der Waals surface area contributed by atoms with Gasteiger partial charge in [0.05, 0.1) is 19.3 Å². The Kier molecular flexibility index (Phi) is 4.51. The molecule has 0 atom stereocenters. The van der Waals surface area contributed by atoms with Gasteiger partial charge in [0.25, 0.3) is 0 Å². The Labute approximate surface area is 110 Å². The predicted octanol–water partition coefficient (Wildman–Crippen LogP) is 0.971. The van der Waals surface area contributed by atoms with Crippen LogP contribution in [0.3, 0.4) is 0 Å². The molecule has 1 aromatic heterocycles. The molecule has 1 aromatic rings. The lowest BCUT2D eigenvalue weighted by Crippen LogP contribution is -2.40. The molecule has 0 aromatic carbocycles. The van der Waals surface area contributed by atoms with E-state index in [0.29, 0.717) is 19.2 Å². The van der Waals surface area contributed by atoms with Gasteiger partial charge < -0.3 is 9.47 Å². The van der Waals surface area contributed by atoms with Crippen LogP contribution in [0.1, 0.15) is 13.8 Å². The van der Waals surface area contributed by atoms with Crippen molar-refractivity contribution in [1.29, 1.82) is 0 Å². The second-order valence-electron chi connectivity index (χ2n) is 4.09. The predicted molar refractivity (Wildman–Crippen MR) is 66.6 cm³/mol. The van der Waals surface area contributed by atoms with Gasteiger partial charge in [-0.1, -0.05) is 0 Å². The number of hydrazine groups is 1. The van der Waals surface area contributed by atoms with Crippen molar-refractivity contribution < 1.29 is 9.47 Å². The van der Waals surface area contributed by atoms with E-state index in [-0.39, 0.29) is 17.4 Å². The molecule has 1 fully saturated rings. The van der Waals surface area contributed by atoms with Crippen LogP contribution in [0.5, 0.6) is 6.01 Å². The van der Waals surface area contributed by atoms with Crippen LogP contribution in [0.4, 0.5) is 5.95 Å². The zero-order chi connectivity index (χ0) is 13.0. The van der Waals surface area contributed by atoms with Gasteiger partial charge in [-0.05, 0) is 25.4 Å². The largest absolute Gasteiger partial charge is 0.461 e. The van der Waals surface area contributed by atoms with Crippen LogP contribution in [0.2, 0.25) is 5.28 Å². The number of ether oxygens (including phenoxy) is 2. The molecular formula is C10H16ClN5O2. The molecule has 1 aliphatic heterocycles. The van der Waals surface area contributed by atoms with E-state index >= 15 is 0 Å². The SMILES string of the molecule is CC(C)Oc1nc(Cl)nc(NN2CCOCC2)n1. The first-order valence-electron chi connectivity index (χ1n) is 5.81. The van der Waals surface area contributed by atoms with Crippen molar-refractivity contribution in [3.8, 4) is 6.01 Å². The number of aromatic nitrogens is 3. The molecule has 0 bridgehead atoms. The fourth-order valence-electron chi connectivity index (χ4n) is 1.46. The Balaban J connectivity index is 2.04. The van der Waals surface area contributed by atoms with Crippen molar-refractivity contribution in [3.05, 3.63) is 5.28 Å². The van der Waals surface area contributed by atoms with E-state index in [1.807, 2.05) is 18.9 Å². The van der Waals surface area contributed by atoms with E-state index in [9.17, 15) is 0 Å². The highest BCUT2D eigenvalue weighted by atomic mass is 35.5. The minimum Gasteiger partial charge on any atom is -0.461 e. The minimum absolute atomic E-state index is 0.0142. The molecule has 0 saturated carbocycles. The lowest BCUT2D eigenvalue weighted by atomic mass is 10.5. The van der Waals surface area contributed by atoms with Gasteiger partial charge in [-0.15, -0.1) is 0 Å². The Morgan fingerprint density at radius 1 is 1.28 bits per heavy atom. The van der Waals surface area contributed by atoms with Crippen LogP contribution in [-0.4, -0.2) is 52.4 Å². The molecule has 100 valence electrons. The molecule has 1 saturated heterocycles. The van der Waals surface area contributed by atoms with Gasteiger partial charge >= 0.3 is 6.01 Å². The maximum absolute atomic E-state index is 5.83. The topological polar surface area (TPSA) is 72.4 Å². The average molecular weight is 274 g/mol. The summed E-state index contributed by atoms with van der Waals surface area (Å²) in [6.07, 6.45) is -0.0142. The third-order valence-electron chi connectivity index (χ3n) is 2.20. The number of rotatable bonds is 4. The number of halogens is 1. The maximum atomic E-state index is 5.83. The summed E-state index contributed by atoms with van der Waals surface area (Å²) in [4.78, 5) is 12.1. The number of nitrogens with zero attached hydrogens (tertiary/aromatic N) is 4. The normalized spacial score (nSPS) is 16.9. The van der Waals surface area contributed by atoms with E-state index in [4.69, 9.17) is 21.1 Å². The highest BCUT2D eigenvalue weighted by Gasteiger charge is 2.13. The summed E-state index contributed by atoms with van der Waals surface area (Å²) in [6.45, 7) is 6.69. The molecule has 0 radical (unpaired) electrons. The Morgan fingerprint density at radius 2 is 2.00 bits per heavy atom. The number of hydrogen-bond acceptors (Lipinski definition) is 7. The smallest absolute Gasteiger partial charge is 0.322 e. The Bertz CT molecular complexity index is 398. The zero-order valence-corrected chi connectivity index (χ0v) is 11.1. The number of morpholine rings is 1. The summed E-state index contributed by atoms with van der Waals surface area (Å²) in [5, 5.41) is 2.07. The van der Waals surface area contributed by atoms with E-state index in [2.05, 4.69) is 20.4 Å². The number of anilines is 1. The maximum Gasteiger partial charge on any atom is 0.322 e. The molecule has 8 heteroatoms. The molecule has 0 spiro atoms. The molecule has 2 heterocycles. The fourth-order valence-corrected chi connectivity index (χ4v) is 1.61. The summed E-state index contributed by atoms with van der Waals surface area (Å²) in [5.41, 5.74) is 3.06. The van der Waals surface area contributed by atoms with Crippen LogP contribution < -0.4 is 10.2 Å². The van der Waals surface area contributed by atoms with Gasteiger partial charge in [-0.2, -0.15) is 15.0 Å². The van der Waals surface area contributed by atoms with Crippen LogP contribution in [0.25, 0.3) is 0 Å². The van der Waals surface area contributed by atoms with E-state index in [1.54, 1.807) is 0 Å². The molecule has 0 aliphatic carbocycles. The van der Waals surface area contributed by atoms with Gasteiger partial charge in [0, 0.05) is 13.1 Å². The molecular weight excluding hydrogens is 258 g/mol. The highest BCUT2D eigenvalue weighted by molar-refractivity contribution is 6.28. The zero-order valence-electron chi connectivity index (χ0n) is 10.4. The van der Waals surface area contributed by atoms with Gasteiger partial charge in [0.1, 0.15) is 0 Å². The summed E-state index contributed by atoms with van der Waals surface area (Å²) in [6, 6.07) is 0.223.